The molecule has 1 rings (SSSR count). The highest BCUT2D eigenvalue weighted by Crippen LogP contribution is 2.12. The molecule has 1 fully saturated rings. The third-order valence-electron chi connectivity index (χ3n) is 1.66. The van der Waals surface area contributed by atoms with Crippen LogP contribution < -0.4 is 16.0 Å². The van der Waals surface area contributed by atoms with Gasteiger partial charge in [0.15, 0.2) is 0 Å². The molecular weight excluding hydrogens is 190 g/mol. The number of nitrogens with one attached hydrogen (secondary N) is 3. The van der Waals surface area contributed by atoms with Crippen molar-refractivity contribution >= 4 is 22.9 Å². The first-order valence-corrected chi connectivity index (χ1v) is 5.08. The zero-order valence-corrected chi connectivity index (χ0v) is 8.24. The normalized spacial score (nSPS) is 21.3. The Morgan fingerprint density at radius 2 is 2.46 bits per heavy atom. The first kappa shape index (κ1) is 10.3. The van der Waals surface area contributed by atoms with Crippen molar-refractivity contribution in [3.05, 3.63) is 0 Å². The second kappa shape index (κ2) is 5.08. The molecule has 5 nitrogen and oxygen atoms in total. The fourth-order valence-electron chi connectivity index (χ4n) is 0.960. The van der Waals surface area contributed by atoms with Crippen LogP contribution >= 0.6 is 11.8 Å². The molecule has 0 saturated carbocycles. The van der Waals surface area contributed by atoms with E-state index < -0.39 is 0 Å². The molecule has 0 spiro atoms. The molecule has 13 heavy (non-hydrogen) atoms. The Kier molecular flexibility index (Phi) is 4.04. The van der Waals surface area contributed by atoms with Crippen molar-refractivity contribution < 1.29 is 9.59 Å². The first-order chi connectivity index (χ1) is 6.24. The number of carbonyl (C=O) groups excluding carboxylic acids is 2. The van der Waals surface area contributed by atoms with E-state index in [9.17, 15) is 9.59 Å². The van der Waals surface area contributed by atoms with E-state index in [1.807, 2.05) is 7.05 Å². The van der Waals surface area contributed by atoms with Crippen LogP contribution in [0.3, 0.4) is 0 Å². The quantitative estimate of drug-likeness (QED) is 0.520. The van der Waals surface area contributed by atoms with Gasteiger partial charge in [0.2, 0.25) is 5.91 Å². The smallest absolute Gasteiger partial charge is 0.279 e. The van der Waals surface area contributed by atoms with Crippen LogP contribution in [0.15, 0.2) is 0 Å². The van der Waals surface area contributed by atoms with Crippen LogP contribution in [0.4, 0.5) is 4.79 Å². The molecule has 74 valence electrons. The second-order valence-electron chi connectivity index (χ2n) is 2.69. The Morgan fingerprint density at radius 1 is 1.69 bits per heavy atom. The Bertz CT molecular complexity index is 210. The highest BCUT2D eigenvalue weighted by Gasteiger charge is 2.27. The number of thioether (sulfide) groups is 1. The van der Waals surface area contributed by atoms with Crippen molar-refractivity contribution in [3.8, 4) is 0 Å². The summed E-state index contributed by atoms with van der Waals surface area (Å²) in [6, 6.07) is -0.352. The van der Waals surface area contributed by atoms with E-state index >= 15 is 0 Å². The molecule has 1 atom stereocenters. The lowest BCUT2D eigenvalue weighted by Crippen LogP contribution is -2.44. The van der Waals surface area contributed by atoms with Gasteiger partial charge in [-0.05, 0) is 7.05 Å². The fraction of sp³-hybridized carbons (Fsp3) is 0.714. The minimum Gasteiger partial charge on any atom is -0.353 e. The summed E-state index contributed by atoms with van der Waals surface area (Å²) in [5.41, 5.74) is 0. The fourth-order valence-corrected chi connectivity index (χ4v) is 1.74. The summed E-state index contributed by atoms with van der Waals surface area (Å²) in [5, 5.41) is 8.09. The van der Waals surface area contributed by atoms with Crippen molar-refractivity contribution in [3.63, 3.8) is 0 Å². The monoisotopic (exact) mass is 203 g/mol. The maximum absolute atomic E-state index is 11.3. The third kappa shape index (κ3) is 3.23. The summed E-state index contributed by atoms with van der Waals surface area (Å²) >= 11 is 1.15. The van der Waals surface area contributed by atoms with E-state index in [0.29, 0.717) is 12.3 Å². The lowest BCUT2D eigenvalue weighted by Gasteiger charge is -2.09. The lowest BCUT2D eigenvalue weighted by atomic mass is 10.3. The SMILES string of the molecule is CNCCNC(=O)[C@@H]1CSC(=O)N1. The third-order valence-corrected chi connectivity index (χ3v) is 2.54. The molecule has 0 unspecified atom stereocenters. The molecular formula is C7H13N3O2S. The topological polar surface area (TPSA) is 70.2 Å². The Balaban J connectivity index is 2.20. The van der Waals surface area contributed by atoms with Gasteiger partial charge in [0.1, 0.15) is 6.04 Å². The summed E-state index contributed by atoms with van der Waals surface area (Å²) in [6.45, 7) is 1.33. The van der Waals surface area contributed by atoms with Gasteiger partial charge in [-0.25, -0.2) is 0 Å². The number of hydrogen-bond donors (Lipinski definition) is 3. The Morgan fingerprint density at radius 3 is 3.00 bits per heavy atom. The van der Waals surface area contributed by atoms with Gasteiger partial charge >= 0.3 is 0 Å². The standard InChI is InChI=1S/C7H13N3O2S/c1-8-2-3-9-6(11)5-4-13-7(12)10-5/h5,8H,2-4H2,1H3,(H,9,11)(H,10,12)/t5-/m0/s1. The zero-order valence-electron chi connectivity index (χ0n) is 7.42. The van der Waals surface area contributed by atoms with Crippen LogP contribution in [0, 0.1) is 0 Å². The average molecular weight is 203 g/mol. The van der Waals surface area contributed by atoms with Crippen LogP contribution in [0.2, 0.25) is 0 Å². The predicted octanol–water partition coefficient (Wildman–Crippen LogP) is -0.853. The number of hydrogen-bond acceptors (Lipinski definition) is 4. The molecule has 0 aromatic rings. The molecule has 1 aliphatic heterocycles. The van der Waals surface area contributed by atoms with Gasteiger partial charge in [0.25, 0.3) is 5.24 Å². The maximum Gasteiger partial charge on any atom is 0.279 e. The van der Waals surface area contributed by atoms with E-state index in [0.717, 1.165) is 18.3 Å². The minimum absolute atomic E-state index is 0.103. The summed E-state index contributed by atoms with van der Waals surface area (Å²) < 4.78 is 0. The maximum atomic E-state index is 11.3. The van der Waals surface area contributed by atoms with Crippen LogP contribution in [0.5, 0.6) is 0 Å². The van der Waals surface area contributed by atoms with Crippen LogP contribution in [0.25, 0.3) is 0 Å². The Labute approximate surface area is 81.0 Å². The molecule has 1 heterocycles. The van der Waals surface area contributed by atoms with Gasteiger partial charge in [-0.3, -0.25) is 9.59 Å². The van der Waals surface area contributed by atoms with Gasteiger partial charge in [0.05, 0.1) is 0 Å². The highest BCUT2D eigenvalue weighted by atomic mass is 32.2. The van der Waals surface area contributed by atoms with Crippen LogP contribution in [0.1, 0.15) is 0 Å². The summed E-state index contributed by atoms with van der Waals surface area (Å²) in [7, 11) is 1.82. The van der Waals surface area contributed by atoms with Gasteiger partial charge in [-0.2, -0.15) is 0 Å². The van der Waals surface area contributed by atoms with Crippen molar-refractivity contribution in [2.24, 2.45) is 0 Å². The van der Waals surface area contributed by atoms with Crippen molar-refractivity contribution in [2.75, 3.05) is 25.9 Å². The second-order valence-corrected chi connectivity index (χ2v) is 3.68. The number of rotatable bonds is 4. The summed E-state index contributed by atoms with van der Waals surface area (Å²) in [6.07, 6.45) is 0. The molecule has 0 aliphatic carbocycles. The summed E-state index contributed by atoms with van der Waals surface area (Å²) in [4.78, 5) is 22.0. The first-order valence-electron chi connectivity index (χ1n) is 4.09. The Hall–Kier alpha value is -0.750. The van der Waals surface area contributed by atoms with E-state index in [4.69, 9.17) is 0 Å². The van der Waals surface area contributed by atoms with E-state index in [1.165, 1.54) is 0 Å². The summed E-state index contributed by atoms with van der Waals surface area (Å²) in [5.74, 6) is 0.429. The van der Waals surface area contributed by atoms with Crippen molar-refractivity contribution in [2.45, 2.75) is 6.04 Å². The predicted molar refractivity (Wildman–Crippen MR) is 51.7 cm³/mol. The molecule has 0 aromatic heterocycles. The molecule has 1 aliphatic rings. The highest BCUT2D eigenvalue weighted by molar-refractivity contribution is 8.14. The molecule has 3 N–H and O–H groups in total. The van der Waals surface area contributed by atoms with Crippen molar-refractivity contribution in [1.82, 2.24) is 16.0 Å². The van der Waals surface area contributed by atoms with Gasteiger partial charge in [-0.1, -0.05) is 11.8 Å². The van der Waals surface area contributed by atoms with Gasteiger partial charge in [-0.15, -0.1) is 0 Å². The zero-order chi connectivity index (χ0) is 9.68. The molecule has 0 aromatic carbocycles. The van der Waals surface area contributed by atoms with Crippen LogP contribution in [-0.4, -0.2) is 43.1 Å². The average Bonchev–Trinajstić information content (AvgIpc) is 2.52. The van der Waals surface area contributed by atoms with E-state index in [2.05, 4.69) is 16.0 Å². The largest absolute Gasteiger partial charge is 0.353 e. The molecule has 2 amide bonds. The molecule has 1 saturated heterocycles. The minimum atomic E-state index is -0.352. The number of likely N-dealkylation sites (N-methyl/N-ethyl adjacent to an activating group) is 1. The van der Waals surface area contributed by atoms with E-state index in [1.54, 1.807) is 0 Å². The molecule has 0 bridgehead atoms. The van der Waals surface area contributed by atoms with E-state index in [-0.39, 0.29) is 17.2 Å². The molecule has 6 heteroatoms. The number of amides is 2. The lowest BCUT2D eigenvalue weighted by molar-refractivity contribution is -0.122. The van der Waals surface area contributed by atoms with Crippen LogP contribution in [-0.2, 0) is 4.79 Å². The molecule has 0 radical (unpaired) electrons. The number of carbonyl (C=O) groups is 2. The van der Waals surface area contributed by atoms with Gasteiger partial charge in [0, 0.05) is 18.8 Å². The van der Waals surface area contributed by atoms with Crippen molar-refractivity contribution in [1.29, 1.82) is 0 Å². The van der Waals surface area contributed by atoms with Gasteiger partial charge < -0.3 is 16.0 Å².